The molecule has 3 aromatic rings. The summed E-state index contributed by atoms with van der Waals surface area (Å²) in [5.74, 6) is 0.468. The number of amides is 1. The number of carbonyl (C=O) groups is 1. The second-order valence-corrected chi connectivity index (χ2v) is 7.12. The molecule has 2 aromatic carbocycles. The summed E-state index contributed by atoms with van der Waals surface area (Å²) in [6.07, 6.45) is 2.50. The van der Waals surface area contributed by atoms with Gasteiger partial charge in [0.25, 0.3) is 5.91 Å². The van der Waals surface area contributed by atoms with Crippen LogP contribution < -0.4 is 4.74 Å². The van der Waals surface area contributed by atoms with Crippen LogP contribution >= 0.6 is 0 Å². The van der Waals surface area contributed by atoms with Crippen LogP contribution in [0, 0.1) is 0 Å². The minimum Gasteiger partial charge on any atom is -0.472 e. The second kappa shape index (κ2) is 9.34. The molecule has 0 radical (unpaired) electrons. The van der Waals surface area contributed by atoms with Gasteiger partial charge in [-0.25, -0.2) is 4.98 Å². The molecule has 0 aliphatic carbocycles. The Morgan fingerprint density at radius 3 is 2.14 bits per heavy atom. The number of hydrogen-bond donors (Lipinski definition) is 0. The predicted molar refractivity (Wildman–Crippen MR) is 111 cm³/mol. The van der Waals surface area contributed by atoms with Crippen molar-refractivity contribution in [1.29, 1.82) is 0 Å². The van der Waals surface area contributed by atoms with Crippen LogP contribution in [-0.2, 0) is 17.8 Å². The van der Waals surface area contributed by atoms with Gasteiger partial charge in [0.05, 0.1) is 18.8 Å². The van der Waals surface area contributed by atoms with Gasteiger partial charge >= 0.3 is 0 Å². The van der Waals surface area contributed by atoms with Crippen LogP contribution in [0.15, 0.2) is 79.0 Å². The fourth-order valence-electron chi connectivity index (χ4n) is 3.34. The van der Waals surface area contributed by atoms with E-state index in [2.05, 4.69) is 4.98 Å². The Hall–Kier alpha value is -3.18. The van der Waals surface area contributed by atoms with Crippen LogP contribution in [-0.4, -0.2) is 35.1 Å². The van der Waals surface area contributed by atoms with Crippen LogP contribution in [0.1, 0.15) is 27.9 Å². The molecule has 1 atom stereocenters. The number of carbonyl (C=O) groups excluding carboxylic acids is 1. The molecule has 0 saturated carbocycles. The summed E-state index contributed by atoms with van der Waals surface area (Å²) in [5, 5.41) is 0. The van der Waals surface area contributed by atoms with Crippen LogP contribution in [0.5, 0.6) is 5.88 Å². The molecule has 1 saturated heterocycles. The van der Waals surface area contributed by atoms with Crippen LogP contribution in [0.3, 0.4) is 0 Å². The van der Waals surface area contributed by atoms with Gasteiger partial charge in [0.1, 0.15) is 6.10 Å². The van der Waals surface area contributed by atoms with E-state index >= 15 is 0 Å². The van der Waals surface area contributed by atoms with Gasteiger partial charge in [0.2, 0.25) is 5.88 Å². The fourth-order valence-corrected chi connectivity index (χ4v) is 3.34. The van der Waals surface area contributed by atoms with Gasteiger partial charge < -0.3 is 14.4 Å². The molecule has 1 fully saturated rings. The summed E-state index contributed by atoms with van der Waals surface area (Å²) < 4.78 is 11.1. The van der Waals surface area contributed by atoms with E-state index in [1.54, 1.807) is 18.3 Å². The largest absolute Gasteiger partial charge is 0.472 e. The van der Waals surface area contributed by atoms with Crippen molar-refractivity contribution in [3.63, 3.8) is 0 Å². The maximum atomic E-state index is 13.2. The zero-order valence-corrected chi connectivity index (χ0v) is 16.2. The zero-order chi connectivity index (χ0) is 19.9. The molecule has 29 heavy (non-hydrogen) atoms. The number of benzene rings is 2. The van der Waals surface area contributed by atoms with Gasteiger partial charge in [-0.3, -0.25) is 4.79 Å². The van der Waals surface area contributed by atoms with Crippen molar-refractivity contribution >= 4 is 5.91 Å². The number of hydrogen-bond acceptors (Lipinski definition) is 4. The summed E-state index contributed by atoms with van der Waals surface area (Å²) in [6, 6.07) is 23.6. The van der Waals surface area contributed by atoms with Gasteiger partial charge in [0, 0.05) is 31.8 Å². The average Bonchev–Trinajstić information content (AvgIpc) is 3.28. The number of nitrogens with zero attached hydrogens (tertiary/aromatic N) is 2. The van der Waals surface area contributed by atoms with E-state index in [9.17, 15) is 4.79 Å². The second-order valence-electron chi connectivity index (χ2n) is 7.12. The third kappa shape index (κ3) is 5.21. The molecule has 5 nitrogen and oxygen atoms in total. The van der Waals surface area contributed by atoms with Crippen molar-refractivity contribution in [3.8, 4) is 5.88 Å². The van der Waals surface area contributed by atoms with Crippen molar-refractivity contribution in [2.24, 2.45) is 0 Å². The Kier molecular flexibility index (Phi) is 6.17. The van der Waals surface area contributed by atoms with E-state index < -0.39 is 0 Å². The number of pyridine rings is 1. The molecular formula is C24H24N2O3. The van der Waals surface area contributed by atoms with Crippen LogP contribution in [0.4, 0.5) is 0 Å². The smallest absolute Gasteiger partial charge is 0.256 e. The molecule has 0 N–H and O–H groups in total. The monoisotopic (exact) mass is 388 g/mol. The molecule has 148 valence electrons. The average molecular weight is 388 g/mol. The molecule has 5 heteroatoms. The molecule has 1 aromatic heterocycles. The topological polar surface area (TPSA) is 51.7 Å². The zero-order valence-electron chi connectivity index (χ0n) is 16.2. The lowest BCUT2D eigenvalue weighted by molar-refractivity contribution is 0.0729. The highest BCUT2D eigenvalue weighted by Gasteiger charge is 2.20. The molecule has 0 bridgehead atoms. The molecule has 1 amide bonds. The normalized spacial score (nSPS) is 15.8. The number of rotatable bonds is 7. The minimum absolute atomic E-state index is 0.0386. The lowest BCUT2D eigenvalue weighted by Crippen LogP contribution is -2.30. The highest BCUT2D eigenvalue weighted by molar-refractivity contribution is 5.93. The Labute approximate surface area is 170 Å². The van der Waals surface area contributed by atoms with Crippen molar-refractivity contribution in [2.75, 3.05) is 13.2 Å². The first-order valence-corrected chi connectivity index (χ1v) is 9.85. The highest BCUT2D eigenvalue weighted by atomic mass is 16.5. The molecule has 4 rings (SSSR count). The first-order chi connectivity index (χ1) is 14.3. The predicted octanol–water partition coefficient (Wildman–Crippen LogP) is 4.09. The van der Waals surface area contributed by atoms with Gasteiger partial charge in [-0.1, -0.05) is 60.7 Å². The fraction of sp³-hybridized carbons (Fsp3) is 0.250. The standard InChI is InChI=1S/C24H24N2O3/c27-24(21-11-12-23(25-15-21)29-22-13-14-28-18-22)26(16-19-7-3-1-4-8-19)17-20-9-5-2-6-10-20/h1-12,15,22H,13-14,16-18H2. The third-order valence-electron chi connectivity index (χ3n) is 4.88. The van der Waals surface area contributed by atoms with Gasteiger partial charge in [0.15, 0.2) is 0 Å². The Bertz CT molecular complexity index is 866. The van der Waals surface area contributed by atoms with E-state index in [4.69, 9.17) is 9.47 Å². The van der Waals surface area contributed by atoms with Crippen LogP contribution in [0.2, 0.25) is 0 Å². The van der Waals surface area contributed by atoms with Gasteiger partial charge in [-0.15, -0.1) is 0 Å². The highest BCUT2D eigenvalue weighted by Crippen LogP contribution is 2.18. The Morgan fingerprint density at radius 2 is 1.62 bits per heavy atom. The Morgan fingerprint density at radius 1 is 0.966 bits per heavy atom. The van der Waals surface area contributed by atoms with E-state index in [0.717, 1.165) is 24.2 Å². The summed E-state index contributed by atoms with van der Waals surface area (Å²) in [6.45, 7) is 2.37. The quantitative estimate of drug-likeness (QED) is 0.612. The number of ether oxygens (including phenoxy) is 2. The summed E-state index contributed by atoms with van der Waals surface area (Å²) in [7, 11) is 0. The first-order valence-electron chi connectivity index (χ1n) is 9.85. The van der Waals surface area contributed by atoms with Gasteiger partial charge in [-0.2, -0.15) is 0 Å². The van der Waals surface area contributed by atoms with Crippen molar-refractivity contribution < 1.29 is 14.3 Å². The first kappa shape index (κ1) is 19.2. The molecule has 2 heterocycles. The lowest BCUT2D eigenvalue weighted by atomic mass is 10.1. The number of aromatic nitrogens is 1. The molecule has 1 unspecified atom stereocenters. The van der Waals surface area contributed by atoms with Gasteiger partial charge in [-0.05, 0) is 17.2 Å². The van der Waals surface area contributed by atoms with Crippen molar-refractivity contribution in [3.05, 3.63) is 95.7 Å². The van der Waals surface area contributed by atoms with Crippen molar-refractivity contribution in [2.45, 2.75) is 25.6 Å². The van der Waals surface area contributed by atoms with Crippen LogP contribution in [0.25, 0.3) is 0 Å². The molecule has 1 aliphatic rings. The van der Waals surface area contributed by atoms with E-state index in [-0.39, 0.29) is 12.0 Å². The summed E-state index contributed by atoms with van der Waals surface area (Å²) in [5.41, 5.74) is 2.73. The molecule has 0 spiro atoms. The minimum atomic E-state index is -0.0547. The van der Waals surface area contributed by atoms with Crippen molar-refractivity contribution in [1.82, 2.24) is 9.88 Å². The Balaban J connectivity index is 1.50. The maximum absolute atomic E-state index is 13.2. The summed E-state index contributed by atoms with van der Waals surface area (Å²) in [4.78, 5) is 19.4. The van der Waals surface area contributed by atoms with E-state index in [1.165, 1.54) is 0 Å². The SMILES string of the molecule is O=C(c1ccc(OC2CCOC2)nc1)N(Cc1ccccc1)Cc1ccccc1. The third-order valence-corrected chi connectivity index (χ3v) is 4.88. The molecular weight excluding hydrogens is 364 g/mol. The summed E-state index contributed by atoms with van der Waals surface area (Å²) >= 11 is 0. The molecule has 1 aliphatic heterocycles. The lowest BCUT2D eigenvalue weighted by Gasteiger charge is -2.23. The van der Waals surface area contributed by atoms with E-state index in [0.29, 0.717) is 31.1 Å². The van der Waals surface area contributed by atoms with E-state index in [1.807, 2.05) is 65.6 Å². The maximum Gasteiger partial charge on any atom is 0.256 e.